The van der Waals surface area contributed by atoms with Crippen molar-refractivity contribution in [3.8, 4) is 0 Å². The summed E-state index contributed by atoms with van der Waals surface area (Å²) in [6.07, 6.45) is 0. The molecular weight excluding hydrogens is 283 g/mol. The van der Waals surface area contributed by atoms with Gasteiger partial charge in [0.1, 0.15) is 5.82 Å². The normalized spacial score (nSPS) is 21.3. The van der Waals surface area contributed by atoms with E-state index in [9.17, 15) is 4.39 Å². The quantitative estimate of drug-likeness (QED) is 0.929. The molecule has 1 aromatic rings. The van der Waals surface area contributed by atoms with E-state index in [1.807, 2.05) is 11.8 Å². The number of halogens is 2. The van der Waals surface area contributed by atoms with E-state index >= 15 is 0 Å². The van der Waals surface area contributed by atoms with E-state index in [2.05, 4.69) is 18.7 Å². The second-order valence-corrected chi connectivity index (χ2v) is 7.71. The highest BCUT2D eigenvalue weighted by molar-refractivity contribution is 8.00. The highest BCUT2D eigenvalue weighted by Crippen LogP contribution is 2.35. The third-order valence-electron chi connectivity index (χ3n) is 3.44. The minimum atomic E-state index is -0.306. The van der Waals surface area contributed by atoms with Gasteiger partial charge in [-0.25, -0.2) is 4.39 Å². The minimum absolute atomic E-state index is 0.0632. The van der Waals surface area contributed by atoms with Crippen LogP contribution >= 0.6 is 23.4 Å². The smallest absolute Gasteiger partial charge is 0.124 e. The molecule has 5 heteroatoms. The van der Waals surface area contributed by atoms with Crippen LogP contribution in [0.1, 0.15) is 25.5 Å². The Bertz CT molecular complexity index is 453. The van der Waals surface area contributed by atoms with Crippen LogP contribution in [0.25, 0.3) is 0 Å². The first-order valence-electron chi connectivity index (χ1n) is 6.46. The summed E-state index contributed by atoms with van der Waals surface area (Å²) in [7, 11) is 0. The van der Waals surface area contributed by atoms with Crippen LogP contribution in [0.3, 0.4) is 0 Å². The summed E-state index contributed by atoms with van der Waals surface area (Å²) in [6.45, 7) is 6.93. The molecule has 0 aromatic heterocycles. The molecule has 1 fully saturated rings. The van der Waals surface area contributed by atoms with Crippen LogP contribution < -0.4 is 5.73 Å². The number of hydrogen-bond donors (Lipinski definition) is 1. The Hall–Kier alpha value is -0.290. The Morgan fingerprint density at radius 3 is 2.84 bits per heavy atom. The van der Waals surface area contributed by atoms with Gasteiger partial charge in [-0.15, -0.1) is 0 Å². The Kier molecular flexibility index (Phi) is 4.77. The van der Waals surface area contributed by atoms with Gasteiger partial charge < -0.3 is 5.73 Å². The number of nitrogens with two attached hydrogens (primary N) is 1. The maximum absolute atomic E-state index is 13.1. The largest absolute Gasteiger partial charge is 0.329 e. The monoisotopic (exact) mass is 302 g/mol. The molecule has 106 valence electrons. The molecule has 19 heavy (non-hydrogen) atoms. The fourth-order valence-corrected chi connectivity index (χ4v) is 3.99. The number of hydrogen-bond acceptors (Lipinski definition) is 3. The second kappa shape index (κ2) is 6.00. The molecule has 2 nitrogen and oxygen atoms in total. The van der Waals surface area contributed by atoms with Gasteiger partial charge in [0.2, 0.25) is 0 Å². The minimum Gasteiger partial charge on any atom is -0.329 e. The predicted molar refractivity (Wildman–Crippen MR) is 81.3 cm³/mol. The first kappa shape index (κ1) is 15.1. The maximum Gasteiger partial charge on any atom is 0.124 e. The van der Waals surface area contributed by atoms with Gasteiger partial charge in [0.05, 0.1) is 0 Å². The van der Waals surface area contributed by atoms with E-state index in [1.54, 1.807) is 6.07 Å². The molecule has 2 rings (SSSR count). The average Bonchev–Trinajstić information content (AvgIpc) is 2.31. The summed E-state index contributed by atoms with van der Waals surface area (Å²) in [6, 6.07) is 4.63. The van der Waals surface area contributed by atoms with Crippen molar-refractivity contribution < 1.29 is 4.39 Å². The fourth-order valence-electron chi connectivity index (χ4n) is 2.56. The van der Waals surface area contributed by atoms with Crippen molar-refractivity contribution in [2.75, 3.05) is 25.4 Å². The Balaban J connectivity index is 2.24. The molecule has 2 N–H and O–H groups in total. The van der Waals surface area contributed by atoms with Crippen molar-refractivity contribution in [3.63, 3.8) is 0 Å². The van der Waals surface area contributed by atoms with E-state index in [0.29, 0.717) is 11.6 Å². The zero-order valence-corrected chi connectivity index (χ0v) is 12.9. The van der Waals surface area contributed by atoms with Crippen molar-refractivity contribution in [3.05, 3.63) is 34.6 Å². The van der Waals surface area contributed by atoms with Gasteiger partial charge in [-0.1, -0.05) is 17.7 Å². The van der Waals surface area contributed by atoms with Crippen molar-refractivity contribution in [2.24, 2.45) is 5.73 Å². The molecule has 1 unspecified atom stereocenters. The molecule has 1 heterocycles. The molecule has 1 saturated heterocycles. The molecule has 0 bridgehead atoms. The van der Waals surface area contributed by atoms with Crippen LogP contribution in [-0.2, 0) is 0 Å². The topological polar surface area (TPSA) is 29.3 Å². The molecule has 1 aromatic carbocycles. The summed E-state index contributed by atoms with van der Waals surface area (Å²) in [5.74, 6) is 0.779. The second-order valence-electron chi connectivity index (χ2n) is 5.50. The summed E-state index contributed by atoms with van der Waals surface area (Å²) in [5, 5.41) is 0.464. The Morgan fingerprint density at radius 2 is 2.26 bits per heavy atom. The highest BCUT2D eigenvalue weighted by Gasteiger charge is 2.31. The number of benzene rings is 1. The van der Waals surface area contributed by atoms with E-state index in [1.165, 1.54) is 12.1 Å². The zero-order valence-electron chi connectivity index (χ0n) is 11.3. The molecule has 0 aliphatic carbocycles. The van der Waals surface area contributed by atoms with E-state index in [0.717, 1.165) is 24.4 Å². The lowest BCUT2D eigenvalue weighted by atomic mass is 10.0. The predicted octanol–water partition coefficient (Wildman–Crippen LogP) is 3.31. The van der Waals surface area contributed by atoms with Crippen LogP contribution in [0, 0.1) is 5.82 Å². The molecule has 0 radical (unpaired) electrons. The highest BCUT2D eigenvalue weighted by atomic mass is 35.5. The fraction of sp³-hybridized carbons (Fsp3) is 0.571. The number of thioether (sulfide) groups is 1. The summed E-state index contributed by atoms with van der Waals surface area (Å²) in [5.41, 5.74) is 6.85. The molecule has 0 saturated carbocycles. The van der Waals surface area contributed by atoms with Crippen LogP contribution in [-0.4, -0.2) is 35.0 Å². The lowest BCUT2D eigenvalue weighted by Crippen LogP contribution is -2.46. The molecule has 1 atom stereocenters. The average molecular weight is 303 g/mol. The lowest BCUT2D eigenvalue weighted by molar-refractivity contribution is 0.192. The van der Waals surface area contributed by atoms with Crippen molar-refractivity contribution in [1.82, 2.24) is 4.90 Å². The molecule has 0 spiro atoms. The van der Waals surface area contributed by atoms with Gasteiger partial charge in [0.25, 0.3) is 0 Å². The van der Waals surface area contributed by atoms with Crippen LogP contribution in [0.15, 0.2) is 18.2 Å². The lowest BCUT2D eigenvalue weighted by Gasteiger charge is -2.41. The van der Waals surface area contributed by atoms with Gasteiger partial charge in [-0.2, -0.15) is 11.8 Å². The van der Waals surface area contributed by atoms with E-state index in [-0.39, 0.29) is 16.6 Å². The zero-order chi connectivity index (χ0) is 14.0. The van der Waals surface area contributed by atoms with Crippen molar-refractivity contribution in [2.45, 2.75) is 24.6 Å². The first-order chi connectivity index (χ1) is 8.93. The van der Waals surface area contributed by atoms with Gasteiger partial charge >= 0.3 is 0 Å². The molecule has 0 amide bonds. The van der Waals surface area contributed by atoms with Gasteiger partial charge in [0, 0.05) is 41.2 Å². The summed E-state index contributed by atoms with van der Waals surface area (Å²) >= 11 is 8.14. The molecule has 1 aliphatic heterocycles. The molecule has 1 aliphatic rings. The van der Waals surface area contributed by atoms with Gasteiger partial charge in [0.15, 0.2) is 0 Å². The number of nitrogens with zero attached hydrogens (tertiary/aromatic N) is 1. The maximum atomic E-state index is 13.1. The number of rotatable bonds is 3. The third kappa shape index (κ3) is 3.63. The SMILES string of the molecule is CC1(C)CN(C(CN)c2ccc(F)cc2Cl)CCS1. The van der Waals surface area contributed by atoms with Crippen LogP contribution in [0.2, 0.25) is 5.02 Å². The van der Waals surface area contributed by atoms with Gasteiger partial charge in [-0.05, 0) is 31.5 Å². The molecular formula is C14H20ClFN2S. The van der Waals surface area contributed by atoms with Crippen molar-refractivity contribution >= 4 is 23.4 Å². The van der Waals surface area contributed by atoms with Crippen LogP contribution in [0.4, 0.5) is 4.39 Å². The van der Waals surface area contributed by atoms with Crippen molar-refractivity contribution in [1.29, 1.82) is 0 Å². The summed E-state index contributed by atoms with van der Waals surface area (Å²) in [4.78, 5) is 2.36. The third-order valence-corrected chi connectivity index (χ3v) is 5.07. The Morgan fingerprint density at radius 1 is 1.53 bits per heavy atom. The first-order valence-corrected chi connectivity index (χ1v) is 7.82. The van der Waals surface area contributed by atoms with Crippen LogP contribution in [0.5, 0.6) is 0 Å². The van der Waals surface area contributed by atoms with Gasteiger partial charge in [-0.3, -0.25) is 4.90 Å². The standard InChI is InChI=1S/C14H20ClFN2S/c1-14(2)9-18(5-6-19-14)13(8-17)11-4-3-10(16)7-12(11)15/h3-4,7,13H,5-6,8-9,17H2,1-2H3. The van der Waals surface area contributed by atoms with E-state index in [4.69, 9.17) is 17.3 Å². The summed E-state index contributed by atoms with van der Waals surface area (Å²) < 4.78 is 13.4. The Labute approximate surface area is 123 Å². The van der Waals surface area contributed by atoms with E-state index < -0.39 is 0 Å².